The Hall–Kier alpha value is -0.900. The quantitative estimate of drug-likeness (QED) is 0.751. The Morgan fingerprint density at radius 2 is 1.83 bits per heavy atom. The molecule has 1 aromatic carbocycles. The Bertz CT molecular complexity index is 391. The SMILES string of the molecule is OC1CC(c2ccccc2)C(NCC2CC2)C1O. The summed E-state index contributed by atoms with van der Waals surface area (Å²) >= 11 is 0. The number of nitrogens with one attached hydrogen (secondary N) is 1. The zero-order valence-electron chi connectivity index (χ0n) is 10.5. The molecule has 0 saturated heterocycles. The van der Waals surface area contributed by atoms with Crippen molar-refractivity contribution in [1.82, 2.24) is 5.32 Å². The van der Waals surface area contributed by atoms with Crippen molar-refractivity contribution >= 4 is 0 Å². The van der Waals surface area contributed by atoms with Crippen molar-refractivity contribution in [3.05, 3.63) is 35.9 Å². The van der Waals surface area contributed by atoms with Gasteiger partial charge < -0.3 is 15.5 Å². The summed E-state index contributed by atoms with van der Waals surface area (Å²) in [6.45, 7) is 0.970. The number of benzene rings is 1. The Morgan fingerprint density at radius 3 is 2.50 bits per heavy atom. The maximum atomic E-state index is 10.1. The first kappa shape index (κ1) is 12.2. The fraction of sp³-hybridized carbons (Fsp3) is 0.600. The van der Waals surface area contributed by atoms with Gasteiger partial charge in [-0.25, -0.2) is 0 Å². The molecule has 1 aromatic rings. The zero-order valence-corrected chi connectivity index (χ0v) is 10.5. The van der Waals surface area contributed by atoms with E-state index in [9.17, 15) is 10.2 Å². The van der Waals surface area contributed by atoms with E-state index in [-0.39, 0.29) is 12.0 Å². The fourth-order valence-electron chi connectivity index (χ4n) is 2.95. The summed E-state index contributed by atoms with van der Waals surface area (Å²) in [6, 6.07) is 10.2. The van der Waals surface area contributed by atoms with E-state index >= 15 is 0 Å². The summed E-state index contributed by atoms with van der Waals surface area (Å²) < 4.78 is 0. The van der Waals surface area contributed by atoms with E-state index in [0.717, 1.165) is 12.5 Å². The first-order valence-corrected chi connectivity index (χ1v) is 6.90. The van der Waals surface area contributed by atoms with Crippen molar-refractivity contribution in [3.8, 4) is 0 Å². The minimum absolute atomic E-state index is 0.0111. The van der Waals surface area contributed by atoms with Crippen LogP contribution in [0.25, 0.3) is 0 Å². The van der Waals surface area contributed by atoms with Crippen LogP contribution in [0, 0.1) is 5.92 Å². The average molecular weight is 247 g/mol. The first-order valence-electron chi connectivity index (χ1n) is 6.90. The van der Waals surface area contributed by atoms with Gasteiger partial charge in [0.1, 0.15) is 0 Å². The second kappa shape index (κ2) is 5.00. The summed E-state index contributed by atoms with van der Waals surface area (Å²) in [5, 5.41) is 23.5. The van der Waals surface area contributed by atoms with Gasteiger partial charge in [-0.15, -0.1) is 0 Å². The molecule has 2 aliphatic rings. The highest BCUT2D eigenvalue weighted by molar-refractivity contribution is 5.24. The van der Waals surface area contributed by atoms with Crippen LogP contribution in [0.2, 0.25) is 0 Å². The Labute approximate surface area is 108 Å². The molecule has 0 spiro atoms. The van der Waals surface area contributed by atoms with Gasteiger partial charge in [0.15, 0.2) is 0 Å². The number of aliphatic hydroxyl groups excluding tert-OH is 2. The highest BCUT2D eigenvalue weighted by atomic mass is 16.3. The van der Waals surface area contributed by atoms with Crippen molar-refractivity contribution < 1.29 is 10.2 Å². The molecule has 2 fully saturated rings. The zero-order chi connectivity index (χ0) is 12.5. The number of hydrogen-bond donors (Lipinski definition) is 3. The van der Waals surface area contributed by atoms with E-state index in [1.165, 1.54) is 18.4 Å². The van der Waals surface area contributed by atoms with Crippen LogP contribution < -0.4 is 5.32 Å². The second-order valence-electron chi connectivity index (χ2n) is 5.69. The molecule has 3 nitrogen and oxygen atoms in total. The smallest absolute Gasteiger partial charge is 0.0957 e. The monoisotopic (exact) mass is 247 g/mol. The molecule has 0 aromatic heterocycles. The molecule has 0 aliphatic heterocycles. The standard InChI is InChI=1S/C15H21NO2/c17-13-8-12(11-4-2-1-3-5-11)14(15(13)18)16-9-10-6-7-10/h1-5,10,12-18H,6-9H2. The lowest BCUT2D eigenvalue weighted by Crippen LogP contribution is -2.43. The first-order chi connectivity index (χ1) is 8.75. The van der Waals surface area contributed by atoms with Crippen molar-refractivity contribution in [2.24, 2.45) is 5.92 Å². The van der Waals surface area contributed by atoms with Gasteiger partial charge in [0.05, 0.1) is 12.2 Å². The van der Waals surface area contributed by atoms with Crippen LogP contribution in [0.15, 0.2) is 30.3 Å². The van der Waals surface area contributed by atoms with Crippen LogP contribution in [-0.2, 0) is 0 Å². The number of rotatable bonds is 4. The summed E-state index contributed by atoms with van der Waals surface area (Å²) in [5.41, 5.74) is 1.21. The van der Waals surface area contributed by atoms with Gasteiger partial charge in [-0.1, -0.05) is 30.3 Å². The van der Waals surface area contributed by atoms with E-state index in [2.05, 4.69) is 17.4 Å². The van der Waals surface area contributed by atoms with Gasteiger partial charge >= 0.3 is 0 Å². The van der Waals surface area contributed by atoms with E-state index in [1.807, 2.05) is 18.2 Å². The summed E-state index contributed by atoms with van der Waals surface area (Å²) in [4.78, 5) is 0. The second-order valence-corrected chi connectivity index (χ2v) is 5.69. The Morgan fingerprint density at radius 1 is 1.11 bits per heavy atom. The third kappa shape index (κ3) is 2.44. The largest absolute Gasteiger partial charge is 0.390 e. The van der Waals surface area contributed by atoms with E-state index in [1.54, 1.807) is 0 Å². The summed E-state index contributed by atoms with van der Waals surface area (Å²) in [6.07, 6.45) is 2.00. The van der Waals surface area contributed by atoms with Crippen molar-refractivity contribution in [3.63, 3.8) is 0 Å². The van der Waals surface area contributed by atoms with E-state index in [0.29, 0.717) is 6.42 Å². The van der Waals surface area contributed by atoms with E-state index < -0.39 is 12.2 Å². The van der Waals surface area contributed by atoms with Crippen molar-refractivity contribution in [1.29, 1.82) is 0 Å². The molecule has 0 heterocycles. The molecule has 4 unspecified atom stereocenters. The predicted octanol–water partition coefficient (Wildman–Crippen LogP) is 1.26. The average Bonchev–Trinajstić information content (AvgIpc) is 3.18. The molecule has 0 radical (unpaired) electrons. The summed E-state index contributed by atoms with van der Waals surface area (Å²) in [5.74, 6) is 1.00. The van der Waals surface area contributed by atoms with Crippen LogP contribution in [0.5, 0.6) is 0 Å². The van der Waals surface area contributed by atoms with Crippen LogP contribution in [0.1, 0.15) is 30.7 Å². The van der Waals surface area contributed by atoms with Crippen molar-refractivity contribution in [2.75, 3.05) is 6.54 Å². The Kier molecular flexibility index (Phi) is 3.37. The van der Waals surface area contributed by atoms with Gasteiger partial charge in [-0.3, -0.25) is 0 Å². The lowest BCUT2D eigenvalue weighted by Gasteiger charge is -2.24. The maximum absolute atomic E-state index is 10.1. The Balaban J connectivity index is 1.73. The molecule has 3 N–H and O–H groups in total. The topological polar surface area (TPSA) is 52.5 Å². The molecular formula is C15H21NO2. The fourth-order valence-corrected chi connectivity index (χ4v) is 2.95. The van der Waals surface area contributed by atoms with Gasteiger partial charge in [-0.05, 0) is 37.3 Å². The molecule has 3 rings (SSSR count). The van der Waals surface area contributed by atoms with Gasteiger partial charge in [0, 0.05) is 12.0 Å². The lowest BCUT2D eigenvalue weighted by atomic mass is 9.93. The number of aliphatic hydroxyl groups is 2. The molecule has 18 heavy (non-hydrogen) atoms. The lowest BCUT2D eigenvalue weighted by molar-refractivity contribution is 0.0299. The highest BCUT2D eigenvalue weighted by Crippen LogP contribution is 2.36. The number of hydrogen-bond acceptors (Lipinski definition) is 3. The van der Waals surface area contributed by atoms with Gasteiger partial charge in [-0.2, -0.15) is 0 Å². The molecule has 4 atom stereocenters. The molecule has 0 bridgehead atoms. The van der Waals surface area contributed by atoms with Crippen LogP contribution in [0.3, 0.4) is 0 Å². The minimum Gasteiger partial charge on any atom is -0.390 e. The molecule has 2 aliphatic carbocycles. The predicted molar refractivity (Wildman–Crippen MR) is 70.3 cm³/mol. The third-order valence-electron chi connectivity index (χ3n) is 4.26. The third-order valence-corrected chi connectivity index (χ3v) is 4.26. The van der Waals surface area contributed by atoms with Crippen LogP contribution >= 0.6 is 0 Å². The molecule has 0 amide bonds. The maximum Gasteiger partial charge on any atom is 0.0957 e. The molecule has 3 heteroatoms. The van der Waals surface area contributed by atoms with Gasteiger partial charge in [0.25, 0.3) is 0 Å². The molecular weight excluding hydrogens is 226 g/mol. The normalized spacial score (nSPS) is 35.9. The molecule has 98 valence electrons. The van der Waals surface area contributed by atoms with Crippen LogP contribution in [-0.4, -0.2) is 35.0 Å². The van der Waals surface area contributed by atoms with Crippen LogP contribution in [0.4, 0.5) is 0 Å². The highest BCUT2D eigenvalue weighted by Gasteiger charge is 2.42. The minimum atomic E-state index is -0.644. The van der Waals surface area contributed by atoms with E-state index in [4.69, 9.17) is 0 Å². The van der Waals surface area contributed by atoms with Gasteiger partial charge in [0.2, 0.25) is 0 Å². The molecule has 2 saturated carbocycles. The van der Waals surface area contributed by atoms with Crippen molar-refractivity contribution in [2.45, 2.75) is 43.4 Å². The summed E-state index contributed by atoms with van der Waals surface area (Å²) in [7, 11) is 0.